The third-order valence-corrected chi connectivity index (χ3v) is 7.25. The molecule has 0 aliphatic rings. The first kappa shape index (κ1) is 26.5. The van der Waals surface area contributed by atoms with Crippen LogP contribution in [0.3, 0.4) is 0 Å². The van der Waals surface area contributed by atoms with Gasteiger partial charge in [-0.3, -0.25) is 0 Å². The van der Waals surface area contributed by atoms with Gasteiger partial charge in [0, 0.05) is 12.2 Å². The summed E-state index contributed by atoms with van der Waals surface area (Å²) in [5.41, 5.74) is -5.49. The van der Waals surface area contributed by atoms with E-state index in [0.717, 1.165) is 24.3 Å². The Balaban J connectivity index is 2.45. The number of aliphatic hydroxyl groups is 1. The first-order valence-corrected chi connectivity index (χ1v) is 11.2. The van der Waals surface area contributed by atoms with Crippen molar-refractivity contribution >= 4 is 15.5 Å². The van der Waals surface area contributed by atoms with Crippen LogP contribution in [0.25, 0.3) is 0 Å². The highest BCUT2D eigenvalue weighted by Crippen LogP contribution is 2.35. The summed E-state index contributed by atoms with van der Waals surface area (Å²) in [5, 5.41) is 21.6. The molecule has 0 fully saturated rings. The van der Waals surface area contributed by atoms with Crippen molar-refractivity contribution in [2.24, 2.45) is 0 Å². The molecule has 0 heterocycles. The van der Waals surface area contributed by atoms with Gasteiger partial charge in [0.1, 0.15) is 5.60 Å². The van der Waals surface area contributed by atoms with Gasteiger partial charge < -0.3 is 10.4 Å². The highest BCUT2D eigenvalue weighted by atomic mass is 32.2. The van der Waals surface area contributed by atoms with Gasteiger partial charge in [0.05, 0.1) is 33.8 Å². The molecule has 0 saturated carbocycles. The van der Waals surface area contributed by atoms with E-state index in [4.69, 9.17) is 5.26 Å². The smallest absolute Gasteiger partial charge is 0.382 e. The molecule has 2 rings (SSSR count). The van der Waals surface area contributed by atoms with Gasteiger partial charge in [-0.25, -0.2) is 8.42 Å². The van der Waals surface area contributed by atoms with Gasteiger partial charge >= 0.3 is 12.4 Å². The van der Waals surface area contributed by atoms with E-state index < -0.39 is 62.0 Å². The fourth-order valence-corrected chi connectivity index (χ4v) is 4.21. The van der Waals surface area contributed by atoms with Crippen LogP contribution in [0.2, 0.25) is 0 Å². The molecule has 0 radical (unpaired) electrons. The zero-order valence-corrected chi connectivity index (χ0v) is 18.2. The van der Waals surface area contributed by atoms with Gasteiger partial charge in [-0.05, 0) is 49.7 Å². The molecule has 5 nitrogen and oxygen atoms in total. The minimum Gasteiger partial charge on any atom is -0.382 e. The Morgan fingerprint density at radius 2 is 1.52 bits per heavy atom. The molecule has 0 aromatic heterocycles. The summed E-state index contributed by atoms with van der Waals surface area (Å²) < 4.78 is 103. The van der Waals surface area contributed by atoms with Gasteiger partial charge in [-0.15, -0.1) is 0 Å². The summed E-state index contributed by atoms with van der Waals surface area (Å²) >= 11 is 0. The molecular formula is C21H20F6N2O3S. The van der Waals surface area contributed by atoms with Crippen molar-refractivity contribution in [2.75, 3.05) is 17.6 Å². The maximum Gasteiger partial charge on any atom is 0.417 e. The van der Waals surface area contributed by atoms with Crippen molar-refractivity contribution in [3.63, 3.8) is 0 Å². The molecule has 2 N–H and O–H groups in total. The quantitative estimate of drug-likeness (QED) is 0.544. The van der Waals surface area contributed by atoms with E-state index in [0.29, 0.717) is 18.2 Å². The number of benzene rings is 2. The first-order valence-electron chi connectivity index (χ1n) is 9.46. The van der Waals surface area contributed by atoms with Crippen molar-refractivity contribution < 1.29 is 39.9 Å². The van der Waals surface area contributed by atoms with Crippen molar-refractivity contribution in [1.82, 2.24) is 0 Å². The number of anilines is 1. The maximum atomic E-state index is 13.2. The number of alkyl halides is 6. The minimum atomic E-state index is -4.84. The fraction of sp³-hybridized carbons (Fsp3) is 0.381. The van der Waals surface area contributed by atoms with E-state index in [2.05, 4.69) is 5.32 Å². The fourth-order valence-electron chi connectivity index (χ4n) is 2.94. The lowest BCUT2D eigenvalue weighted by Crippen LogP contribution is -2.42. The Morgan fingerprint density at radius 1 is 0.970 bits per heavy atom. The predicted octanol–water partition coefficient (Wildman–Crippen LogP) is 4.72. The normalized spacial score (nSPS) is 14.6. The number of halogens is 6. The molecular weight excluding hydrogens is 474 g/mol. The Hall–Kier alpha value is -2.78. The summed E-state index contributed by atoms with van der Waals surface area (Å²) in [6, 6.07) is 7.27. The number of rotatable bonds is 7. The SMILES string of the molecule is CC(C)S(=O)(=O)CC(O)(CNc1ccc(C#N)c(C(F)(F)F)c1)c1ccc(C(F)(F)F)cc1. The van der Waals surface area contributed by atoms with Crippen LogP contribution in [0, 0.1) is 11.3 Å². The van der Waals surface area contributed by atoms with Crippen LogP contribution in [-0.2, 0) is 27.8 Å². The van der Waals surface area contributed by atoms with Crippen LogP contribution < -0.4 is 5.32 Å². The van der Waals surface area contributed by atoms with Crippen LogP contribution in [0.4, 0.5) is 32.0 Å². The molecule has 0 aliphatic heterocycles. The van der Waals surface area contributed by atoms with Crippen molar-refractivity contribution in [1.29, 1.82) is 5.26 Å². The van der Waals surface area contributed by atoms with Crippen molar-refractivity contribution in [2.45, 2.75) is 37.1 Å². The third-order valence-electron chi connectivity index (χ3n) is 4.94. The Labute approximate surface area is 186 Å². The Bertz CT molecular complexity index is 1140. The van der Waals surface area contributed by atoms with Gasteiger partial charge in [0.25, 0.3) is 0 Å². The van der Waals surface area contributed by atoms with Gasteiger partial charge in [0.2, 0.25) is 0 Å². The van der Waals surface area contributed by atoms with Gasteiger partial charge in [-0.1, -0.05) is 12.1 Å². The number of nitrogens with one attached hydrogen (secondary N) is 1. The number of nitrogens with zero attached hydrogens (tertiary/aromatic N) is 1. The lowest BCUT2D eigenvalue weighted by atomic mass is 9.94. The van der Waals surface area contributed by atoms with Crippen LogP contribution in [0.1, 0.15) is 36.1 Å². The Kier molecular flexibility index (Phi) is 7.40. The second kappa shape index (κ2) is 9.23. The first-order chi connectivity index (χ1) is 15.0. The summed E-state index contributed by atoms with van der Waals surface area (Å²) in [6.07, 6.45) is -9.50. The number of nitriles is 1. The van der Waals surface area contributed by atoms with E-state index in [1.807, 2.05) is 0 Å². The van der Waals surface area contributed by atoms with Crippen molar-refractivity contribution in [3.05, 3.63) is 64.7 Å². The topological polar surface area (TPSA) is 90.2 Å². The lowest BCUT2D eigenvalue weighted by Gasteiger charge is -2.30. The molecule has 1 unspecified atom stereocenters. The maximum absolute atomic E-state index is 13.2. The van der Waals surface area contributed by atoms with Gasteiger partial charge in [-0.2, -0.15) is 31.6 Å². The summed E-state index contributed by atoms with van der Waals surface area (Å²) in [5.74, 6) is -0.890. The molecule has 2 aromatic rings. The molecule has 0 bridgehead atoms. The molecule has 2 aromatic carbocycles. The molecule has 0 aliphatic carbocycles. The largest absolute Gasteiger partial charge is 0.417 e. The summed E-state index contributed by atoms with van der Waals surface area (Å²) in [6.45, 7) is 2.08. The Morgan fingerprint density at radius 3 is 1.97 bits per heavy atom. The summed E-state index contributed by atoms with van der Waals surface area (Å²) in [7, 11) is -3.92. The van der Waals surface area contributed by atoms with E-state index >= 15 is 0 Å². The van der Waals surface area contributed by atoms with E-state index in [1.54, 1.807) is 0 Å². The van der Waals surface area contributed by atoms with E-state index in [9.17, 15) is 39.9 Å². The highest BCUT2D eigenvalue weighted by Gasteiger charge is 2.38. The second-order valence-corrected chi connectivity index (χ2v) is 10.2. The minimum absolute atomic E-state index is 0.170. The number of hydrogen-bond donors (Lipinski definition) is 2. The van der Waals surface area contributed by atoms with Gasteiger partial charge in [0.15, 0.2) is 9.84 Å². The summed E-state index contributed by atoms with van der Waals surface area (Å²) in [4.78, 5) is 0. The molecule has 0 amide bonds. The highest BCUT2D eigenvalue weighted by molar-refractivity contribution is 7.92. The molecule has 180 valence electrons. The number of hydrogen-bond acceptors (Lipinski definition) is 5. The van der Waals surface area contributed by atoms with Crippen LogP contribution in [0.15, 0.2) is 42.5 Å². The van der Waals surface area contributed by atoms with Crippen molar-refractivity contribution in [3.8, 4) is 6.07 Å². The molecule has 12 heteroatoms. The molecule has 33 heavy (non-hydrogen) atoms. The average Bonchev–Trinajstić information content (AvgIpc) is 2.70. The standard InChI is InChI=1S/C21H20F6N2O3S/c1-13(2)33(31,32)12-19(30,15-4-6-16(7-5-15)20(22,23)24)11-29-17-8-3-14(10-28)18(9-17)21(25,26)27/h3-9,13,29-30H,11-12H2,1-2H3. The zero-order chi connectivity index (χ0) is 25.2. The second-order valence-electron chi connectivity index (χ2n) is 7.69. The predicted molar refractivity (Wildman–Crippen MR) is 109 cm³/mol. The number of sulfone groups is 1. The molecule has 0 saturated heterocycles. The molecule has 0 spiro atoms. The monoisotopic (exact) mass is 494 g/mol. The van der Waals surface area contributed by atoms with E-state index in [1.165, 1.54) is 19.9 Å². The molecule has 1 atom stereocenters. The zero-order valence-electron chi connectivity index (χ0n) is 17.4. The van der Waals surface area contributed by atoms with Crippen LogP contribution >= 0.6 is 0 Å². The van der Waals surface area contributed by atoms with Crippen LogP contribution in [-0.4, -0.2) is 31.1 Å². The lowest BCUT2D eigenvalue weighted by molar-refractivity contribution is -0.138. The van der Waals surface area contributed by atoms with E-state index in [-0.39, 0.29) is 11.3 Å². The third kappa shape index (κ3) is 6.39. The average molecular weight is 494 g/mol. The van der Waals surface area contributed by atoms with Crippen LogP contribution in [0.5, 0.6) is 0 Å².